The van der Waals surface area contributed by atoms with Crippen LogP contribution in [0, 0.1) is 13.7 Å². The van der Waals surface area contributed by atoms with Crippen molar-refractivity contribution in [1.82, 2.24) is 4.90 Å². The average molecular weight is 496 g/mol. The van der Waals surface area contributed by atoms with Gasteiger partial charge >= 0.3 is 0 Å². The second-order valence-corrected chi connectivity index (χ2v) is 7.82. The molecular formula is C18H13IN2O5S. The predicted molar refractivity (Wildman–Crippen MR) is 110 cm³/mol. The summed E-state index contributed by atoms with van der Waals surface area (Å²) < 4.78 is 6.26. The largest absolute Gasteiger partial charge is 0.496 e. The third-order valence-electron chi connectivity index (χ3n) is 3.84. The Labute approximate surface area is 172 Å². The highest BCUT2D eigenvalue weighted by atomic mass is 127. The summed E-state index contributed by atoms with van der Waals surface area (Å²) in [5.41, 5.74) is 1.08. The molecule has 9 heteroatoms. The lowest BCUT2D eigenvalue weighted by atomic mass is 10.1. The molecule has 0 unspecified atom stereocenters. The van der Waals surface area contributed by atoms with Crippen molar-refractivity contribution in [3.63, 3.8) is 0 Å². The van der Waals surface area contributed by atoms with Gasteiger partial charge in [-0.3, -0.25) is 24.6 Å². The first-order chi connectivity index (χ1) is 12.9. The van der Waals surface area contributed by atoms with Crippen LogP contribution in [0.2, 0.25) is 0 Å². The number of ether oxygens (including phenoxy) is 1. The molecule has 138 valence electrons. The summed E-state index contributed by atoms with van der Waals surface area (Å²) in [6.45, 7) is 0.172. The van der Waals surface area contributed by atoms with E-state index >= 15 is 0 Å². The van der Waals surface area contributed by atoms with Crippen LogP contribution in [0.25, 0.3) is 6.08 Å². The van der Waals surface area contributed by atoms with Gasteiger partial charge in [0.1, 0.15) is 5.75 Å². The zero-order valence-electron chi connectivity index (χ0n) is 14.0. The number of thioether (sulfide) groups is 1. The summed E-state index contributed by atoms with van der Waals surface area (Å²) in [6.07, 6.45) is 1.45. The first kappa shape index (κ1) is 19.4. The molecule has 1 aliphatic rings. The molecule has 2 aromatic carbocycles. The van der Waals surface area contributed by atoms with Gasteiger partial charge in [-0.15, -0.1) is 0 Å². The molecular weight excluding hydrogens is 483 g/mol. The van der Waals surface area contributed by atoms with Crippen LogP contribution < -0.4 is 4.74 Å². The van der Waals surface area contributed by atoms with Gasteiger partial charge in [0.05, 0.1) is 23.5 Å². The molecule has 0 spiro atoms. The zero-order valence-corrected chi connectivity index (χ0v) is 17.0. The predicted octanol–water partition coefficient (Wildman–Crippen LogP) is 4.44. The van der Waals surface area contributed by atoms with Gasteiger partial charge in [0.25, 0.3) is 16.8 Å². The van der Waals surface area contributed by atoms with Gasteiger partial charge in [-0.05, 0) is 64.2 Å². The van der Waals surface area contributed by atoms with Crippen molar-refractivity contribution in [2.45, 2.75) is 6.54 Å². The number of benzene rings is 2. The van der Waals surface area contributed by atoms with Crippen LogP contribution in [0.15, 0.2) is 47.4 Å². The van der Waals surface area contributed by atoms with Crippen LogP contribution in [-0.4, -0.2) is 28.1 Å². The van der Waals surface area contributed by atoms with E-state index in [4.69, 9.17) is 4.74 Å². The Morgan fingerprint density at radius 1 is 1.22 bits per heavy atom. The third-order valence-corrected chi connectivity index (χ3v) is 5.46. The number of nitrogens with zero attached hydrogens (tertiary/aromatic N) is 2. The van der Waals surface area contributed by atoms with Crippen LogP contribution >= 0.6 is 34.4 Å². The van der Waals surface area contributed by atoms with E-state index < -0.39 is 10.8 Å². The lowest BCUT2D eigenvalue weighted by Crippen LogP contribution is -2.27. The van der Waals surface area contributed by atoms with Crippen LogP contribution in [0.1, 0.15) is 11.1 Å². The molecule has 1 saturated heterocycles. The monoisotopic (exact) mass is 496 g/mol. The van der Waals surface area contributed by atoms with Crippen molar-refractivity contribution in [1.29, 1.82) is 0 Å². The molecule has 0 aromatic heterocycles. The molecule has 27 heavy (non-hydrogen) atoms. The highest BCUT2D eigenvalue weighted by Gasteiger charge is 2.35. The number of amides is 2. The zero-order chi connectivity index (χ0) is 19.6. The van der Waals surface area contributed by atoms with Gasteiger partial charge < -0.3 is 4.74 Å². The Hall–Kier alpha value is -2.40. The molecule has 0 radical (unpaired) electrons. The maximum absolute atomic E-state index is 12.6. The second-order valence-electron chi connectivity index (χ2n) is 5.58. The van der Waals surface area contributed by atoms with Crippen LogP contribution in [-0.2, 0) is 11.3 Å². The first-order valence-electron chi connectivity index (χ1n) is 7.71. The second kappa shape index (κ2) is 8.09. The summed E-state index contributed by atoms with van der Waals surface area (Å²) in [4.78, 5) is 36.7. The average Bonchev–Trinajstić information content (AvgIpc) is 2.90. The molecule has 0 aliphatic carbocycles. The lowest BCUT2D eigenvalue weighted by Gasteiger charge is -2.12. The fourth-order valence-electron chi connectivity index (χ4n) is 2.50. The third kappa shape index (κ3) is 4.30. The minimum absolute atomic E-state index is 0.125. The summed E-state index contributed by atoms with van der Waals surface area (Å²) >= 11 is 2.98. The molecule has 3 rings (SSSR count). The molecule has 0 bridgehead atoms. The number of carbonyl (C=O) groups is 2. The number of hydrogen-bond donors (Lipinski definition) is 0. The van der Waals surface area contributed by atoms with Crippen molar-refractivity contribution < 1.29 is 19.2 Å². The molecule has 0 N–H and O–H groups in total. The molecule has 2 amide bonds. The van der Waals surface area contributed by atoms with Crippen molar-refractivity contribution >= 4 is 57.3 Å². The fraction of sp³-hybridized carbons (Fsp3) is 0.111. The Morgan fingerprint density at radius 3 is 2.56 bits per heavy atom. The number of hydrogen-bond acceptors (Lipinski definition) is 6. The smallest absolute Gasteiger partial charge is 0.293 e. The first-order valence-corrected chi connectivity index (χ1v) is 9.61. The van der Waals surface area contributed by atoms with E-state index in [0.29, 0.717) is 11.3 Å². The van der Waals surface area contributed by atoms with Crippen molar-refractivity contribution in [2.24, 2.45) is 0 Å². The van der Waals surface area contributed by atoms with Crippen molar-refractivity contribution in [3.8, 4) is 5.75 Å². The quantitative estimate of drug-likeness (QED) is 0.263. The molecule has 2 aromatic rings. The topological polar surface area (TPSA) is 89.8 Å². The molecule has 1 fully saturated rings. The van der Waals surface area contributed by atoms with E-state index in [1.807, 2.05) is 24.3 Å². The van der Waals surface area contributed by atoms with E-state index in [9.17, 15) is 19.7 Å². The van der Waals surface area contributed by atoms with E-state index in [2.05, 4.69) is 22.6 Å². The SMILES string of the molecule is COc1ccc([N+](=O)[O-])cc1/C=C1\SC(=O)N(Cc2ccc(I)cc2)C1=O. The summed E-state index contributed by atoms with van der Waals surface area (Å²) in [7, 11) is 1.43. The lowest BCUT2D eigenvalue weighted by molar-refractivity contribution is -0.384. The van der Waals surface area contributed by atoms with Crippen molar-refractivity contribution in [3.05, 3.63) is 72.2 Å². The number of halogens is 1. The molecule has 7 nitrogen and oxygen atoms in total. The number of nitro groups is 1. The normalized spacial score (nSPS) is 15.5. The fourth-order valence-corrected chi connectivity index (χ4v) is 3.69. The van der Waals surface area contributed by atoms with Crippen LogP contribution in [0.5, 0.6) is 5.75 Å². The highest BCUT2D eigenvalue weighted by Crippen LogP contribution is 2.35. The molecule has 1 heterocycles. The van der Waals surface area contributed by atoms with Gasteiger partial charge in [-0.2, -0.15) is 0 Å². The van der Waals surface area contributed by atoms with Gasteiger partial charge in [-0.25, -0.2) is 0 Å². The van der Waals surface area contributed by atoms with Gasteiger partial charge in [0.15, 0.2) is 0 Å². The number of imide groups is 1. The minimum Gasteiger partial charge on any atom is -0.496 e. The van der Waals surface area contributed by atoms with Gasteiger partial charge in [-0.1, -0.05) is 12.1 Å². The minimum atomic E-state index is -0.528. The van der Waals surface area contributed by atoms with E-state index in [1.165, 1.54) is 31.4 Å². The number of nitro benzene ring substituents is 1. The van der Waals surface area contributed by atoms with Crippen LogP contribution in [0.3, 0.4) is 0 Å². The van der Waals surface area contributed by atoms with Crippen molar-refractivity contribution in [2.75, 3.05) is 7.11 Å². The number of rotatable bonds is 5. The Morgan fingerprint density at radius 2 is 1.93 bits per heavy atom. The Balaban J connectivity index is 1.89. The Bertz CT molecular complexity index is 959. The Kier molecular flexibility index (Phi) is 5.80. The van der Waals surface area contributed by atoms with E-state index in [-0.39, 0.29) is 22.4 Å². The number of non-ortho nitro benzene ring substituents is 1. The maximum atomic E-state index is 12.6. The molecule has 0 atom stereocenters. The number of carbonyl (C=O) groups excluding carboxylic acids is 2. The highest BCUT2D eigenvalue weighted by molar-refractivity contribution is 14.1. The summed E-state index contributed by atoms with van der Waals surface area (Å²) in [5, 5.41) is 10.6. The number of methoxy groups -OCH3 is 1. The van der Waals surface area contributed by atoms with Gasteiger partial charge in [0.2, 0.25) is 0 Å². The summed E-state index contributed by atoms with van der Waals surface area (Å²) in [5.74, 6) is -0.0536. The van der Waals surface area contributed by atoms with E-state index in [0.717, 1.165) is 25.8 Å². The van der Waals surface area contributed by atoms with Gasteiger partial charge in [0, 0.05) is 21.3 Å². The molecule has 0 saturated carbocycles. The summed E-state index contributed by atoms with van der Waals surface area (Å²) in [6, 6.07) is 11.6. The molecule has 1 aliphatic heterocycles. The van der Waals surface area contributed by atoms with E-state index in [1.54, 1.807) is 0 Å². The van der Waals surface area contributed by atoms with Crippen LogP contribution in [0.4, 0.5) is 10.5 Å². The standard InChI is InChI=1S/C18H13IN2O5S/c1-26-15-7-6-14(21(24)25)8-12(15)9-16-17(22)20(18(23)27-16)10-11-2-4-13(19)5-3-11/h2-9H,10H2,1H3/b16-9-. The maximum Gasteiger partial charge on any atom is 0.293 e.